The van der Waals surface area contributed by atoms with E-state index in [1.807, 2.05) is 41.8 Å². The number of thiophene rings is 1. The Hall–Kier alpha value is -1.85. The van der Waals surface area contributed by atoms with Gasteiger partial charge in [-0.05, 0) is 17.0 Å². The number of carbonyl (C=O) groups is 1. The van der Waals surface area contributed by atoms with Crippen LogP contribution in [0.2, 0.25) is 0 Å². The number of aliphatic hydroxyl groups is 1. The molecule has 2 aromatic rings. The second-order valence-electron chi connectivity index (χ2n) is 6.15. The number of rotatable bonds is 7. The van der Waals surface area contributed by atoms with Gasteiger partial charge < -0.3 is 15.3 Å². The van der Waals surface area contributed by atoms with Gasteiger partial charge in [0.1, 0.15) is 0 Å². The molecule has 0 radical (unpaired) electrons. The monoisotopic (exact) mass is 332 g/mol. The number of aliphatic hydroxyl groups excluding tert-OH is 1. The molecule has 2 N–H and O–H groups in total. The largest absolute Gasteiger partial charge is 0.395 e. The summed E-state index contributed by atoms with van der Waals surface area (Å²) in [7, 11) is 0. The Morgan fingerprint density at radius 3 is 2.57 bits per heavy atom. The highest BCUT2D eigenvalue weighted by atomic mass is 32.1. The van der Waals surface area contributed by atoms with Gasteiger partial charge in [0.05, 0.1) is 6.61 Å². The highest BCUT2D eigenvalue weighted by Crippen LogP contribution is 2.26. The van der Waals surface area contributed by atoms with Gasteiger partial charge in [0.25, 0.3) is 0 Å². The molecule has 2 amide bonds. The molecule has 2 rings (SSSR count). The van der Waals surface area contributed by atoms with Crippen molar-refractivity contribution in [3.63, 3.8) is 0 Å². The molecule has 1 heterocycles. The van der Waals surface area contributed by atoms with Crippen LogP contribution in [0.5, 0.6) is 0 Å². The first-order valence-electron chi connectivity index (χ1n) is 7.74. The summed E-state index contributed by atoms with van der Waals surface area (Å²) in [6.07, 6.45) is 0. The molecule has 0 bridgehead atoms. The van der Waals surface area contributed by atoms with E-state index in [0.29, 0.717) is 19.6 Å². The Labute approximate surface area is 141 Å². The van der Waals surface area contributed by atoms with Gasteiger partial charge in [-0.3, -0.25) is 0 Å². The molecule has 0 saturated carbocycles. The molecule has 0 aliphatic rings. The van der Waals surface area contributed by atoms with Crippen LogP contribution in [-0.4, -0.2) is 35.7 Å². The van der Waals surface area contributed by atoms with E-state index in [9.17, 15) is 9.90 Å². The summed E-state index contributed by atoms with van der Waals surface area (Å²) in [5.74, 6) is 0. The summed E-state index contributed by atoms with van der Waals surface area (Å²) < 4.78 is 0. The number of carbonyl (C=O) groups excluding carboxylic acids is 1. The number of hydrogen-bond acceptors (Lipinski definition) is 3. The molecule has 23 heavy (non-hydrogen) atoms. The minimum absolute atomic E-state index is 0.0471. The lowest BCUT2D eigenvalue weighted by atomic mass is 9.91. The van der Waals surface area contributed by atoms with E-state index in [1.54, 1.807) is 16.2 Å². The zero-order chi connectivity index (χ0) is 16.7. The lowest BCUT2D eigenvalue weighted by Gasteiger charge is -2.27. The Bertz CT molecular complexity index is 597. The standard InChI is InChI=1S/C18H24N2O2S/c1-18(2,16-9-6-12-23-16)14-19-17(22)20(10-11-21)13-15-7-4-3-5-8-15/h3-9,12,21H,10-11,13-14H2,1-2H3,(H,19,22). The van der Waals surface area contributed by atoms with Gasteiger partial charge in [0.2, 0.25) is 0 Å². The molecule has 1 aromatic heterocycles. The quantitative estimate of drug-likeness (QED) is 0.818. The minimum atomic E-state index is -0.146. The van der Waals surface area contributed by atoms with Crippen molar-refractivity contribution in [3.8, 4) is 0 Å². The summed E-state index contributed by atoms with van der Waals surface area (Å²) in [6, 6.07) is 13.8. The van der Waals surface area contributed by atoms with Crippen molar-refractivity contribution in [2.45, 2.75) is 25.8 Å². The molecule has 0 unspecified atom stereocenters. The fourth-order valence-electron chi connectivity index (χ4n) is 2.34. The van der Waals surface area contributed by atoms with Gasteiger partial charge in [-0.25, -0.2) is 4.79 Å². The highest BCUT2D eigenvalue weighted by Gasteiger charge is 2.23. The fourth-order valence-corrected chi connectivity index (χ4v) is 3.19. The first-order valence-corrected chi connectivity index (χ1v) is 8.62. The lowest BCUT2D eigenvalue weighted by molar-refractivity contribution is 0.172. The van der Waals surface area contributed by atoms with Crippen LogP contribution in [0.1, 0.15) is 24.3 Å². The van der Waals surface area contributed by atoms with Crippen molar-refractivity contribution in [2.24, 2.45) is 0 Å². The van der Waals surface area contributed by atoms with Crippen molar-refractivity contribution < 1.29 is 9.90 Å². The Morgan fingerprint density at radius 2 is 1.96 bits per heavy atom. The Morgan fingerprint density at radius 1 is 1.22 bits per heavy atom. The zero-order valence-electron chi connectivity index (χ0n) is 13.7. The first-order chi connectivity index (χ1) is 11.0. The second-order valence-corrected chi connectivity index (χ2v) is 7.10. The summed E-state index contributed by atoms with van der Waals surface area (Å²) in [5, 5.41) is 14.3. The molecule has 1 aromatic carbocycles. The maximum absolute atomic E-state index is 12.5. The van der Waals surface area contributed by atoms with Gasteiger partial charge in [-0.15, -0.1) is 11.3 Å². The predicted molar refractivity (Wildman–Crippen MR) is 94.7 cm³/mol. The predicted octanol–water partition coefficient (Wildman–Crippen LogP) is 3.23. The number of hydrogen-bond donors (Lipinski definition) is 2. The number of urea groups is 1. The number of benzene rings is 1. The van der Waals surface area contributed by atoms with Crippen LogP contribution in [0, 0.1) is 0 Å². The average molecular weight is 332 g/mol. The third kappa shape index (κ3) is 5.08. The molecule has 5 heteroatoms. The minimum Gasteiger partial charge on any atom is -0.395 e. The molecule has 0 atom stereocenters. The SMILES string of the molecule is CC(C)(CNC(=O)N(CCO)Cc1ccccc1)c1cccs1. The van der Waals surface area contributed by atoms with Crippen LogP contribution < -0.4 is 5.32 Å². The van der Waals surface area contributed by atoms with Crippen molar-refractivity contribution >= 4 is 17.4 Å². The average Bonchev–Trinajstić information content (AvgIpc) is 3.09. The van der Waals surface area contributed by atoms with E-state index in [2.05, 4.69) is 25.2 Å². The van der Waals surface area contributed by atoms with Crippen molar-refractivity contribution in [2.75, 3.05) is 19.7 Å². The number of nitrogens with one attached hydrogen (secondary N) is 1. The summed E-state index contributed by atoms with van der Waals surface area (Å²) in [4.78, 5) is 15.3. The smallest absolute Gasteiger partial charge is 0.317 e. The van der Waals surface area contributed by atoms with Crippen molar-refractivity contribution in [3.05, 3.63) is 58.3 Å². The van der Waals surface area contributed by atoms with Crippen LogP contribution in [0.3, 0.4) is 0 Å². The van der Waals surface area contributed by atoms with Crippen LogP contribution in [0.4, 0.5) is 4.79 Å². The lowest BCUT2D eigenvalue weighted by Crippen LogP contribution is -2.45. The topological polar surface area (TPSA) is 52.6 Å². The van der Waals surface area contributed by atoms with Crippen LogP contribution >= 0.6 is 11.3 Å². The first kappa shape index (κ1) is 17.5. The summed E-state index contributed by atoms with van der Waals surface area (Å²) in [5.41, 5.74) is 0.940. The van der Waals surface area contributed by atoms with Crippen molar-refractivity contribution in [1.29, 1.82) is 0 Å². The van der Waals surface area contributed by atoms with Gasteiger partial charge >= 0.3 is 6.03 Å². The van der Waals surface area contributed by atoms with E-state index in [4.69, 9.17) is 0 Å². The third-order valence-electron chi connectivity index (χ3n) is 3.74. The molecular formula is C18H24N2O2S. The molecular weight excluding hydrogens is 308 g/mol. The maximum atomic E-state index is 12.5. The number of nitrogens with zero attached hydrogens (tertiary/aromatic N) is 1. The van der Waals surface area contributed by atoms with E-state index in [0.717, 1.165) is 5.56 Å². The Kier molecular flexibility index (Phi) is 6.19. The molecule has 4 nitrogen and oxygen atoms in total. The van der Waals surface area contributed by atoms with Crippen LogP contribution in [0.15, 0.2) is 47.8 Å². The van der Waals surface area contributed by atoms with Gasteiger partial charge in [-0.2, -0.15) is 0 Å². The van der Waals surface area contributed by atoms with E-state index in [1.165, 1.54) is 4.88 Å². The van der Waals surface area contributed by atoms with Crippen LogP contribution in [-0.2, 0) is 12.0 Å². The molecule has 0 fully saturated rings. The van der Waals surface area contributed by atoms with E-state index >= 15 is 0 Å². The molecule has 0 saturated heterocycles. The van der Waals surface area contributed by atoms with E-state index in [-0.39, 0.29) is 18.1 Å². The normalized spacial score (nSPS) is 11.3. The third-order valence-corrected chi connectivity index (χ3v) is 4.98. The zero-order valence-corrected chi connectivity index (χ0v) is 14.5. The molecule has 0 aliphatic carbocycles. The maximum Gasteiger partial charge on any atom is 0.317 e. The number of amides is 2. The highest BCUT2D eigenvalue weighted by molar-refractivity contribution is 7.10. The second kappa shape index (κ2) is 8.13. The molecule has 124 valence electrons. The molecule has 0 aliphatic heterocycles. The fraction of sp³-hybridized carbons (Fsp3) is 0.389. The summed E-state index contributed by atoms with van der Waals surface area (Å²) in [6.45, 7) is 5.56. The van der Waals surface area contributed by atoms with E-state index < -0.39 is 0 Å². The van der Waals surface area contributed by atoms with Crippen LogP contribution in [0.25, 0.3) is 0 Å². The van der Waals surface area contributed by atoms with Gasteiger partial charge in [0.15, 0.2) is 0 Å². The molecule has 0 spiro atoms. The Balaban J connectivity index is 1.95. The summed E-state index contributed by atoms with van der Waals surface area (Å²) >= 11 is 1.70. The van der Waals surface area contributed by atoms with Crippen molar-refractivity contribution in [1.82, 2.24) is 10.2 Å². The van der Waals surface area contributed by atoms with Gasteiger partial charge in [0, 0.05) is 29.9 Å². The van der Waals surface area contributed by atoms with Gasteiger partial charge in [-0.1, -0.05) is 50.2 Å².